The lowest BCUT2D eigenvalue weighted by atomic mass is 10.2. The van der Waals surface area contributed by atoms with Crippen LogP contribution >= 0.6 is 11.8 Å². The minimum Gasteiger partial charge on any atom is -0.455 e. The van der Waals surface area contributed by atoms with Crippen LogP contribution in [0.1, 0.15) is 5.56 Å². The summed E-state index contributed by atoms with van der Waals surface area (Å²) in [5.74, 6) is -0.889. The number of non-ortho nitro benzene ring substituents is 1. The first kappa shape index (κ1) is 18.5. The number of hydrogen-bond donors (Lipinski definition) is 1. The van der Waals surface area contributed by atoms with Crippen LogP contribution in [0.15, 0.2) is 59.5 Å². The maximum Gasteiger partial charge on any atom is 0.316 e. The van der Waals surface area contributed by atoms with E-state index in [0.717, 1.165) is 5.56 Å². The first-order valence-electron chi connectivity index (χ1n) is 7.38. The number of carbonyl (C=O) groups is 2. The summed E-state index contributed by atoms with van der Waals surface area (Å²) in [5.41, 5.74) is 0.943. The zero-order valence-corrected chi connectivity index (χ0v) is 14.0. The molecule has 2 aromatic carbocycles. The predicted octanol–water partition coefficient (Wildman–Crippen LogP) is 2.55. The molecule has 0 bridgehead atoms. The second-order valence-corrected chi connectivity index (χ2v) is 6.01. The molecular weight excluding hydrogens is 344 g/mol. The quantitative estimate of drug-likeness (QED) is 0.336. The number of rotatable bonds is 8. The average molecular weight is 360 g/mol. The van der Waals surface area contributed by atoms with Gasteiger partial charge < -0.3 is 10.1 Å². The van der Waals surface area contributed by atoms with E-state index < -0.39 is 10.9 Å². The van der Waals surface area contributed by atoms with Crippen LogP contribution < -0.4 is 5.32 Å². The zero-order chi connectivity index (χ0) is 18.1. The van der Waals surface area contributed by atoms with Gasteiger partial charge in [-0.15, -0.1) is 11.8 Å². The molecule has 25 heavy (non-hydrogen) atoms. The van der Waals surface area contributed by atoms with Crippen molar-refractivity contribution in [2.45, 2.75) is 11.4 Å². The van der Waals surface area contributed by atoms with E-state index in [-0.39, 0.29) is 24.0 Å². The van der Waals surface area contributed by atoms with Crippen molar-refractivity contribution >= 4 is 29.3 Å². The summed E-state index contributed by atoms with van der Waals surface area (Å²) in [6, 6.07) is 15.2. The molecule has 0 saturated heterocycles. The Morgan fingerprint density at radius 2 is 1.76 bits per heavy atom. The predicted molar refractivity (Wildman–Crippen MR) is 93.1 cm³/mol. The van der Waals surface area contributed by atoms with Crippen molar-refractivity contribution in [3.8, 4) is 0 Å². The van der Waals surface area contributed by atoms with Gasteiger partial charge in [-0.2, -0.15) is 0 Å². The molecule has 0 fully saturated rings. The minimum atomic E-state index is -0.529. The van der Waals surface area contributed by atoms with Crippen LogP contribution in [0.25, 0.3) is 0 Å². The van der Waals surface area contributed by atoms with E-state index in [1.54, 1.807) is 12.1 Å². The van der Waals surface area contributed by atoms with Crippen LogP contribution in [0.2, 0.25) is 0 Å². The summed E-state index contributed by atoms with van der Waals surface area (Å²) in [5, 5.41) is 13.2. The van der Waals surface area contributed by atoms with Gasteiger partial charge in [0.15, 0.2) is 6.61 Å². The fourth-order valence-electron chi connectivity index (χ4n) is 1.84. The van der Waals surface area contributed by atoms with Crippen LogP contribution in [-0.2, 0) is 20.9 Å². The molecule has 2 rings (SSSR count). The molecule has 0 spiro atoms. The smallest absolute Gasteiger partial charge is 0.316 e. The standard InChI is InChI=1S/C17H16N2O5S/c20-16(18-10-13-4-2-1-3-5-13)11-24-17(21)12-25-15-8-6-14(7-9-15)19(22)23/h1-9H,10-12H2,(H,18,20). The third kappa shape index (κ3) is 6.64. The number of esters is 1. The summed E-state index contributed by atoms with van der Waals surface area (Å²) in [7, 11) is 0. The van der Waals surface area contributed by atoms with Gasteiger partial charge in [-0.1, -0.05) is 30.3 Å². The summed E-state index contributed by atoms with van der Waals surface area (Å²) < 4.78 is 4.90. The topological polar surface area (TPSA) is 98.5 Å². The van der Waals surface area contributed by atoms with Crippen molar-refractivity contribution in [3.63, 3.8) is 0 Å². The Labute approximate surface area is 148 Å². The van der Waals surface area contributed by atoms with Crippen LogP contribution in [0.3, 0.4) is 0 Å². The van der Waals surface area contributed by atoms with Crippen LogP contribution in [-0.4, -0.2) is 29.2 Å². The summed E-state index contributed by atoms with van der Waals surface area (Å²) in [6.07, 6.45) is 0. The molecule has 0 saturated carbocycles. The molecule has 1 amide bonds. The van der Waals surface area contributed by atoms with E-state index in [2.05, 4.69) is 5.32 Å². The zero-order valence-electron chi connectivity index (χ0n) is 13.2. The molecule has 2 aromatic rings. The second kappa shape index (κ2) is 9.43. The molecular formula is C17H16N2O5S. The maximum absolute atomic E-state index is 11.6. The number of nitrogens with one attached hydrogen (secondary N) is 1. The van der Waals surface area contributed by atoms with Gasteiger partial charge in [-0.3, -0.25) is 19.7 Å². The molecule has 8 heteroatoms. The van der Waals surface area contributed by atoms with Crippen LogP contribution in [0.4, 0.5) is 5.69 Å². The molecule has 0 unspecified atom stereocenters. The van der Waals surface area contributed by atoms with Gasteiger partial charge in [0.1, 0.15) is 0 Å². The van der Waals surface area contributed by atoms with Gasteiger partial charge in [0.2, 0.25) is 0 Å². The molecule has 0 heterocycles. The van der Waals surface area contributed by atoms with E-state index in [0.29, 0.717) is 11.4 Å². The molecule has 7 nitrogen and oxygen atoms in total. The van der Waals surface area contributed by atoms with Crippen molar-refractivity contribution < 1.29 is 19.2 Å². The molecule has 130 valence electrons. The second-order valence-electron chi connectivity index (χ2n) is 4.96. The highest BCUT2D eigenvalue weighted by Crippen LogP contribution is 2.21. The number of nitrogens with zero attached hydrogens (tertiary/aromatic N) is 1. The fourth-order valence-corrected chi connectivity index (χ4v) is 2.54. The maximum atomic E-state index is 11.6. The van der Waals surface area contributed by atoms with E-state index in [1.165, 1.54) is 23.9 Å². The molecule has 0 radical (unpaired) electrons. The number of nitro groups is 1. The number of hydrogen-bond acceptors (Lipinski definition) is 6. The van der Waals surface area contributed by atoms with Gasteiger partial charge in [-0.05, 0) is 17.7 Å². The normalized spacial score (nSPS) is 10.1. The third-order valence-corrected chi connectivity index (χ3v) is 4.09. The highest BCUT2D eigenvalue weighted by molar-refractivity contribution is 8.00. The Morgan fingerprint density at radius 3 is 2.40 bits per heavy atom. The van der Waals surface area contributed by atoms with Gasteiger partial charge in [-0.25, -0.2) is 0 Å². The molecule has 0 aromatic heterocycles. The summed E-state index contributed by atoms with van der Waals surface area (Å²) in [4.78, 5) is 34.0. The average Bonchev–Trinajstić information content (AvgIpc) is 2.64. The van der Waals surface area contributed by atoms with Crippen molar-refractivity contribution in [1.82, 2.24) is 5.32 Å². The van der Waals surface area contributed by atoms with Gasteiger partial charge >= 0.3 is 5.97 Å². The van der Waals surface area contributed by atoms with Gasteiger partial charge in [0.25, 0.3) is 11.6 Å². The molecule has 0 aliphatic carbocycles. The number of thioether (sulfide) groups is 1. The third-order valence-electron chi connectivity index (χ3n) is 3.10. The lowest BCUT2D eigenvalue weighted by Crippen LogP contribution is -2.28. The summed E-state index contributed by atoms with van der Waals surface area (Å²) >= 11 is 1.18. The first-order chi connectivity index (χ1) is 12.0. The Balaban J connectivity index is 1.66. The monoisotopic (exact) mass is 360 g/mol. The lowest BCUT2D eigenvalue weighted by Gasteiger charge is -2.06. The summed E-state index contributed by atoms with van der Waals surface area (Å²) in [6.45, 7) is 0.0290. The number of carbonyl (C=O) groups excluding carboxylic acids is 2. The highest BCUT2D eigenvalue weighted by Gasteiger charge is 2.09. The van der Waals surface area contributed by atoms with Crippen molar-refractivity contribution in [1.29, 1.82) is 0 Å². The highest BCUT2D eigenvalue weighted by atomic mass is 32.2. The van der Waals surface area contributed by atoms with Crippen molar-refractivity contribution in [2.75, 3.05) is 12.4 Å². The molecule has 1 N–H and O–H groups in total. The molecule has 0 atom stereocenters. The van der Waals surface area contributed by atoms with Crippen molar-refractivity contribution in [3.05, 3.63) is 70.3 Å². The van der Waals surface area contributed by atoms with Crippen molar-refractivity contribution in [2.24, 2.45) is 0 Å². The van der Waals surface area contributed by atoms with Gasteiger partial charge in [0, 0.05) is 23.6 Å². The number of amides is 1. The van der Waals surface area contributed by atoms with Crippen LogP contribution in [0, 0.1) is 10.1 Å². The molecule has 0 aliphatic heterocycles. The SMILES string of the molecule is O=C(COC(=O)CSc1ccc([N+](=O)[O-])cc1)NCc1ccccc1. The molecule has 0 aliphatic rings. The Morgan fingerprint density at radius 1 is 1.08 bits per heavy atom. The number of ether oxygens (including phenoxy) is 1. The first-order valence-corrected chi connectivity index (χ1v) is 8.36. The lowest BCUT2D eigenvalue weighted by molar-refractivity contribution is -0.384. The number of nitro benzene ring substituents is 1. The largest absolute Gasteiger partial charge is 0.455 e. The van der Waals surface area contributed by atoms with E-state index in [9.17, 15) is 19.7 Å². The Bertz CT molecular complexity index is 734. The van der Waals surface area contributed by atoms with E-state index >= 15 is 0 Å². The van der Waals surface area contributed by atoms with E-state index in [4.69, 9.17) is 4.74 Å². The van der Waals surface area contributed by atoms with Crippen LogP contribution in [0.5, 0.6) is 0 Å². The fraction of sp³-hybridized carbons (Fsp3) is 0.176. The van der Waals surface area contributed by atoms with Gasteiger partial charge in [0.05, 0.1) is 10.7 Å². The minimum absolute atomic E-state index is 0.0120. The Hall–Kier alpha value is -2.87. The Kier molecular flexibility index (Phi) is 6.97. The van der Waals surface area contributed by atoms with E-state index in [1.807, 2.05) is 30.3 Å². The number of benzene rings is 2.